The van der Waals surface area contributed by atoms with Gasteiger partial charge >= 0.3 is 6.18 Å². The minimum absolute atomic E-state index is 0.00682. The van der Waals surface area contributed by atoms with Crippen molar-refractivity contribution in [2.24, 2.45) is 0 Å². The number of aryl methyl sites for hydroxylation is 1. The Bertz CT molecular complexity index is 1450. The highest BCUT2D eigenvalue weighted by Crippen LogP contribution is 2.34. The van der Waals surface area contributed by atoms with E-state index in [1.54, 1.807) is 12.1 Å². The fourth-order valence-corrected chi connectivity index (χ4v) is 3.28. The number of ether oxygens (including phenoxy) is 2. The first kappa shape index (κ1) is 24.2. The fraction of sp³-hybridized carbons (Fsp3) is 0.120. The van der Waals surface area contributed by atoms with Crippen molar-refractivity contribution < 1.29 is 31.9 Å². The van der Waals surface area contributed by atoms with Crippen LogP contribution < -0.4 is 20.2 Å². The summed E-state index contributed by atoms with van der Waals surface area (Å²) >= 11 is 5.88. The molecule has 180 valence electrons. The van der Waals surface area contributed by atoms with Gasteiger partial charge in [0.1, 0.15) is 23.3 Å². The molecule has 1 aromatic heterocycles. The van der Waals surface area contributed by atoms with Crippen molar-refractivity contribution in [3.8, 4) is 17.2 Å². The zero-order valence-corrected chi connectivity index (χ0v) is 18.9. The third kappa shape index (κ3) is 5.75. The van der Waals surface area contributed by atoms with Gasteiger partial charge in [-0.25, -0.2) is 0 Å². The number of amides is 1. The summed E-state index contributed by atoms with van der Waals surface area (Å²) in [6, 6.07) is 14.1. The van der Waals surface area contributed by atoms with Crippen LogP contribution in [0.2, 0.25) is 5.02 Å². The van der Waals surface area contributed by atoms with Gasteiger partial charge in [-0.15, -0.1) is 0 Å². The van der Waals surface area contributed by atoms with Gasteiger partial charge in [-0.3, -0.25) is 9.59 Å². The molecule has 0 unspecified atom stereocenters. The van der Waals surface area contributed by atoms with Crippen LogP contribution in [0.25, 0.3) is 11.0 Å². The molecule has 0 saturated heterocycles. The molecule has 0 bridgehead atoms. The first-order valence-corrected chi connectivity index (χ1v) is 10.6. The van der Waals surface area contributed by atoms with Gasteiger partial charge in [0.25, 0.3) is 5.91 Å². The molecule has 0 aliphatic carbocycles. The number of carbonyl (C=O) groups excluding carboxylic acids is 1. The van der Waals surface area contributed by atoms with Crippen LogP contribution in [0.3, 0.4) is 0 Å². The Balaban J connectivity index is 1.44. The van der Waals surface area contributed by atoms with E-state index in [2.05, 4.69) is 5.32 Å². The van der Waals surface area contributed by atoms with Crippen LogP contribution >= 0.6 is 11.6 Å². The molecule has 4 aromatic rings. The molecule has 3 aromatic carbocycles. The molecule has 0 aliphatic heterocycles. The number of rotatable bonds is 6. The molecule has 0 spiro atoms. The topological polar surface area (TPSA) is 77.8 Å². The van der Waals surface area contributed by atoms with Crippen molar-refractivity contribution >= 4 is 34.2 Å². The molecular formula is C25H17ClF3NO5. The lowest BCUT2D eigenvalue weighted by molar-refractivity contribution is -0.137. The van der Waals surface area contributed by atoms with Gasteiger partial charge < -0.3 is 19.2 Å². The summed E-state index contributed by atoms with van der Waals surface area (Å²) in [7, 11) is 0. The molecule has 0 radical (unpaired) electrons. The number of anilines is 1. The van der Waals surface area contributed by atoms with E-state index < -0.39 is 29.7 Å². The number of fused-ring (bicyclic) bond motifs is 1. The number of benzene rings is 3. The van der Waals surface area contributed by atoms with Gasteiger partial charge in [-0.05, 0) is 49.4 Å². The van der Waals surface area contributed by atoms with Crippen molar-refractivity contribution in [3.63, 3.8) is 0 Å². The van der Waals surface area contributed by atoms with Crippen molar-refractivity contribution in [2.75, 3.05) is 11.9 Å². The van der Waals surface area contributed by atoms with Crippen molar-refractivity contribution in [1.29, 1.82) is 0 Å². The average molecular weight is 504 g/mol. The summed E-state index contributed by atoms with van der Waals surface area (Å²) < 4.78 is 55.2. The second kappa shape index (κ2) is 9.71. The van der Waals surface area contributed by atoms with Crippen LogP contribution in [0.4, 0.5) is 18.9 Å². The first-order valence-electron chi connectivity index (χ1n) is 10.2. The molecule has 1 N–H and O–H groups in total. The molecule has 6 nitrogen and oxygen atoms in total. The summed E-state index contributed by atoms with van der Waals surface area (Å²) in [5, 5.41) is 2.47. The lowest BCUT2D eigenvalue weighted by atomic mass is 10.2. The number of carbonyl (C=O) groups is 1. The highest BCUT2D eigenvalue weighted by molar-refractivity contribution is 6.33. The second-order valence-corrected chi connectivity index (χ2v) is 7.94. The molecule has 0 atom stereocenters. The van der Waals surface area contributed by atoms with Gasteiger partial charge in [-0.2, -0.15) is 13.2 Å². The number of halogens is 4. The summed E-state index contributed by atoms with van der Waals surface area (Å²) in [4.78, 5) is 24.9. The van der Waals surface area contributed by atoms with Gasteiger partial charge in [0, 0.05) is 6.07 Å². The van der Waals surface area contributed by atoms with Gasteiger partial charge in [0.15, 0.2) is 6.61 Å². The second-order valence-electron chi connectivity index (χ2n) is 7.53. The molecule has 1 heterocycles. The molecule has 0 saturated carbocycles. The Morgan fingerprint density at radius 3 is 2.46 bits per heavy atom. The number of hydrogen-bond donors (Lipinski definition) is 1. The van der Waals surface area contributed by atoms with Crippen LogP contribution in [-0.2, 0) is 11.0 Å². The van der Waals surface area contributed by atoms with Crippen LogP contribution in [0.5, 0.6) is 17.2 Å². The SMILES string of the molecule is Cc1ccc(Oc2coc3cc(OCC(=O)Nc4cc(C(F)(F)F)ccc4Cl)ccc3c2=O)cc1. The summed E-state index contributed by atoms with van der Waals surface area (Å²) in [5.41, 5.74) is -0.295. The fourth-order valence-electron chi connectivity index (χ4n) is 3.12. The molecule has 0 fully saturated rings. The maximum absolute atomic E-state index is 12.9. The summed E-state index contributed by atoms with van der Waals surface area (Å²) in [6.07, 6.45) is -3.41. The van der Waals surface area contributed by atoms with E-state index in [1.165, 1.54) is 24.5 Å². The predicted molar refractivity (Wildman–Crippen MR) is 124 cm³/mol. The standard InChI is InChI=1S/C25H17ClF3NO5/c1-14-2-5-16(6-3-14)35-22-12-34-21-11-17(7-8-18(21)24(22)32)33-13-23(31)30-20-10-15(25(27,28)29)4-9-19(20)26/h2-12H,13H2,1H3,(H,30,31). The minimum atomic E-state index is -4.58. The van der Waals surface area contributed by atoms with E-state index in [0.717, 1.165) is 23.8 Å². The molecular weight excluding hydrogens is 487 g/mol. The van der Waals surface area contributed by atoms with Crippen LogP contribution in [0, 0.1) is 6.92 Å². The quantitative estimate of drug-likeness (QED) is 0.321. The highest BCUT2D eigenvalue weighted by atomic mass is 35.5. The molecule has 35 heavy (non-hydrogen) atoms. The normalized spacial score (nSPS) is 11.3. The van der Waals surface area contributed by atoms with Gasteiger partial charge in [-0.1, -0.05) is 29.3 Å². The van der Waals surface area contributed by atoms with E-state index in [4.69, 9.17) is 25.5 Å². The summed E-state index contributed by atoms with van der Waals surface area (Å²) in [5.74, 6) is -0.0331. The Hall–Kier alpha value is -3.98. The predicted octanol–water partition coefficient (Wildman–Crippen LogP) is 6.58. The van der Waals surface area contributed by atoms with E-state index in [1.807, 2.05) is 19.1 Å². The van der Waals surface area contributed by atoms with Crippen LogP contribution in [0.1, 0.15) is 11.1 Å². The Morgan fingerprint density at radius 2 is 1.74 bits per heavy atom. The van der Waals surface area contributed by atoms with Crippen LogP contribution in [0.15, 0.2) is 76.1 Å². The third-order valence-electron chi connectivity index (χ3n) is 4.90. The van der Waals surface area contributed by atoms with Crippen molar-refractivity contribution in [2.45, 2.75) is 13.1 Å². The number of alkyl halides is 3. The number of hydrogen-bond acceptors (Lipinski definition) is 5. The smallest absolute Gasteiger partial charge is 0.416 e. The molecule has 10 heteroatoms. The van der Waals surface area contributed by atoms with E-state index in [9.17, 15) is 22.8 Å². The van der Waals surface area contributed by atoms with Crippen LogP contribution in [-0.4, -0.2) is 12.5 Å². The van der Waals surface area contributed by atoms with E-state index in [-0.39, 0.29) is 33.2 Å². The Labute approximate surface area is 201 Å². The zero-order chi connectivity index (χ0) is 25.2. The van der Waals surface area contributed by atoms with Crippen molar-refractivity contribution in [1.82, 2.24) is 0 Å². The Morgan fingerprint density at radius 1 is 1.03 bits per heavy atom. The number of nitrogens with one attached hydrogen (secondary N) is 1. The molecule has 1 amide bonds. The highest BCUT2D eigenvalue weighted by Gasteiger charge is 2.31. The van der Waals surface area contributed by atoms with E-state index in [0.29, 0.717) is 5.75 Å². The Kier molecular flexibility index (Phi) is 6.70. The molecule has 0 aliphatic rings. The average Bonchev–Trinajstić information content (AvgIpc) is 2.81. The zero-order valence-electron chi connectivity index (χ0n) is 18.1. The minimum Gasteiger partial charge on any atom is -0.484 e. The maximum Gasteiger partial charge on any atom is 0.416 e. The van der Waals surface area contributed by atoms with Gasteiger partial charge in [0.05, 0.1) is 21.7 Å². The first-order chi connectivity index (χ1) is 16.6. The molecule has 4 rings (SSSR count). The maximum atomic E-state index is 12.9. The van der Waals surface area contributed by atoms with E-state index >= 15 is 0 Å². The lowest BCUT2D eigenvalue weighted by Gasteiger charge is -2.12. The third-order valence-corrected chi connectivity index (χ3v) is 5.23. The lowest BCUT2D eigenvalue weighted by Crippen LogP contribution is -2.20. The monoisotopic (exact) mass is 503 g/mol. The van der Waals surface area contributed by atoms with Crippen molar-refractivity contribution in [3.05, 3.63) is 93.3 Å². The van der Waals surface area contributed by atoms with Gasteiger partial charge in [0.2, 0.25) is 11.2 Å². The summed E-state index contributed by atoms with van der Waals surface area (Å²) in [6.45, 7) is 1.41. The largest absolute Gasteiger partial charge is 0.484 e.